The first-order valence-corrected chi connectivity index (χ1v) is 8.45. The fourth-order valence-electron chi connectivity index (χ4n) is 1.34. The van der Waals surface area contributed by atoms with Gasteiger partial charge in [-0.2, -0.15) is 12.7 Å². The summed E-state index contributed by atoms with van der Waals surface area (Å²) in [5.74, 6) is -0.414. The third-order valence-electron chi connectivity index (χ3n) is 2.45. The fraction of sp³-hybridized carbons (Fsp3) is 0.417. The second-order valence-corrected chi connectivity index (χ2v) is 7.06. The van der Waals surface area contributed by atoms with E-state index in [4.69, 9.17) is 5.11 Å². The maximum Gasteiger partial charge on any atom is 0.304 e. The van der Waals surface area contributed by atoms with Crippen LogP contribution < -0.4 is 4.72 Å². The van der Waals surface area contributed by atoms with Crippen molar-refractivity contribution in [3.05, 3.63) is 30.3 Å². The lowest BCUT2D eigenvalue weighted by Gasteiger charge is -2.16. The molecule has 0 radical (unpaired) electrons. The molecular weight excluding hydrogens is 300 g/mol. The largest absolute Gasteiger partial charge is 0.481 e. The van der Waals surface area contributed by atoms with Gasteiger partial charge in [-0.25, -0.2) is 4.72 Å². The standard InChI is InChI=1S/C12H18N2O4S2/c1-14(9-7-12(15)16)20(17,18)13-8-10-19-11-5-3-2-4-6-11/h2-6,13H,7-10H2,1H3,(H,15,16). The van der Waals surface area contributed by atoms with E-state index in [2.05, 4.69) is 4.72 Å². The lowest BCUT2D eigenvalue weighted by molar-refractivity contribution is -0.137. The van der Waals surface area contributed by atoms with Crippen LogP contribution in [-0.2, 0) is 15.0 Å². The van der Waals surface area contributed by atoms with Crippen LogP contribution in [0.1, 0.15) is 6.42 Å². The molecule has 0 aromatic heterocycles. The van der Waals surface area contributed by atoms with Gasteiger partial charge in [0.2, 0.25) is 0 Å². The van der Waals surface area contributed by atoms with Crippen LogP contribution in [0.2, 0.25) is 0 Å². The smallest absolute Gasteiger partial charge is 0.304 e. The third-order valence-corrected chi connectivity index (χ3v) is 5.04. The van der Waals surface area contributed by atoms with Crippen LogP contribution >= 0.6 is 11.8 Å². The zero-order valence-corrected chi connectivity index (χ0v) is 12.8. The van der Waals surface area contributed by atoms with E-state index in [-0.39, 0.29) is 13.0 Å². The molecule has 1 aromatic carbocycles. The normalized spacial score (nSPS) is 11.7. The van der Waals surface area contributed by atoms with Crippen LogP contribution in [0, 0.1) is 0 Å². The van der Waals surface area contributed by atoms with Crippen molar-refractivity contribution in [3.63, 3.8) is 0 Å². The Morgan fingerprint density at radius 2 is 2.00 bits per heavy atom. The number of nitrogens with zero attached hydrogens (tertiary/aromatic N) is 1. The van der Waals surface area contributed by atoms with Gasteiger partial charge < -0.3 is 5.11 Å². The summed E-state index contributed by atoms with van der Waals surface area (Å²) in [5.41, 5.74) is 0. The first-order valence-electron chi connectivity index (χ1n) is 6.02. The summed E-state index contributed by atoms with van der Waals surface area (Å²) in [6.07, 6.45) is -0.212. The SMILES string of the molecule is CN(CCC(=O)O)S(=O)(=O)NCCSc1ccccc1. The van der Waals surface area contributed by atoms with Crippen LogP contribution in [0.3, 0.4) is 0 Å². The van der Waals surface area contributed by atoms with Gasteiger partial charge in [-0.3, -0.25) is 4.79 Å². The van der Waals surface area contributed by atoms with Crippen molar-refractivity contribution in [3.8, 4) is 0 Å². The van der Waals surface area contributed by atoms with E-state index in [9.17, 15) is 13.2 Å². The van der Waals surface area contributed by atoms with Gasteiger partial charge in [0.05, 0.1) is 6.42 Å². The highest BCUT2D eigenvalue weighted by molar-refractivity contribution is 7.99. The minimum atomic E-state index is -3.60. The molecule has 0 saturated carbocycles. The Morgan fingerprint density at radius 1 is 1.35 bits per heavy atom. The predicted octanol–water partition coefficient (Wildman–Crippen LogP) is 1.02. The molecule has 1 aromatic rings. The molecule has 1 rings (SSSR count). The van der Waals surface area contributed by atoms with Crippen molar-refractivity contribution < 1.29 is 18.3 Å². The van der Waals surface area contributed by atoms with Crippen LogP contribution in [0.25, 0.3) is 0 Å². The van der Waals surface area contributed by atoms with Crippen molar-refractivity contribution in [1.82, 2.24) is 9.03 Å². The van der Waals surface area contributed by atoms with Crippen molar-refractivity contribution in [2.45, 2.75) is 11.3 Å². The summed E-state index contributed by atoms with van der Waals surface area (Å²) in [7, 11) is -2.25. The second kappa shape index (κ2) is 8.25. The Hall–Kier alpha value is -1.09. The highest BCUT2D eigenvalue weighted by atomic mass is 32.2. The number of aliphatic carboxylic acids is 1. The summed E-state index contributed by atoms with van der Waals surface area (Å²) >= 11 is 1.55. The molecule has 112 valence electrons. The number of hydrogen-bond donors (Lipinski definition) is 2. The molecular formula is C12H18N2O4S2. The fourth-order valence-corrected chi connectivity index (χ4v) is 3.17. The van der Waals surface area contributed by atoms with Gasteiger partial charge in [0.25, 0.3) is 10.2 Å². The van der Waals surface area contributed by atoms with Crippen molar-refractivity contribution in [2.24, 2.45) is 0 Å². The molecule has 0 aliphatic rings. The molecule has 0 aliphatic carbocycles. The maximum atomic E-state index is 11.8. The van der Waals surface area contributed by atoms with Gasteiger partial charge in [-0.05, 0) is 12.1 Å². The Morgan fingerprint density at radius 3 is 2.60 bits per heavy atom. The van der Waals surface area contributed by atoms with Gasteiger partial charge in [0, 0.05) is 30.8 Å². The van der Waals surface area contributed by atoms with Crippen molar-refractivity contribution in [1.29, 1.82) is 0 Å². The molecule has 0 saturated heterocycles. The molecule has 0 fully saturated rings. The van der Waals surface area contributed by atoms with Crippen molar-refractivity contribution in [2.75, 3.05) is 25.9 Å². The van der Waals surface area contributed by atoms with Crippen LogP contribution in [-0.4, -0.2) is 49.7 Å². The predicted molar refractivity (Wildman–Crippen MR) is 79.0 cm³/mol. The number of carboxylic acids is 1. The molecule has 0 heterocycles. The summed E-state index contributed by atoms with van der Waals surface area (Å²) < 4.78 is 27.0. The van der Waals surface area contributed by atoms with Gasteiger partial charge in [0.1, 0.15) is 0 Å². The lowest BCUT2D eigenvalue weighted by Crippen LogP contribution is -2.40. The van der Waals surface area contributed by atoms with Crippen molar-refractivity contribution >= 4 is 27.9 Å². The number of thioether (sulfide) groups is 1. The summed E-state index contributed by atoms with van der Waals surface area (Å²) in [6, 6.07) is 9.68. The molecule has 20 heavy (non-hydrogen) atoms. The monoisotopic (exact) mass is 318 g/mol. The van der Waals surface area contributed by atoms with Crippen LogP contribution in [0.4, 0.5) is 0 Å². The molecule has 0 aliphatic heterocycles. The second-order valence-electron chi connectivity index (χ2n) is 4.03. The van der Waals surface area contributed by atoms with E-state index < -0.39 is 16.2 Å². The molecule has 0 unspecified atom stereocenters. The van der Waals surface area contributed by atoms with Gasteiger partial charge in [-0.1, -0.05) is 18.2 Å². The zero-order valence-electron chi connectivity index (χ0n) is 11.2. The molecule has 2 N–H and O–H groups in total. The minimum absolute atomic E-state index is 0.0451. The number of carboxylic acid groups (broad SMARTS) is 1. The number of carbonyl (C=O) groups is 1. The molecule has 0 bridgehead atoms. The zero-order chi connectivity index (χ0) is 15.0. The van der Waals surface area contributed by atoms with E-state index in [0.29, 0.717) is 12.3 Å². The molecule has 0 atom stereocenters. The Kier molecular flexibility index (Phi) is 7.00. The highest BCUT2D eigenvalue weighted by Crippen LogP contribution is 2.15. The number of benzene rings is 1. The maximum absolute atomic E-state index is 11.8. The first kappa shape index (κ1) is 17.0. The Labute approximate surface area is 123 Å². The molecule has 6 nitrogen and oxygen atoms in total. The lowest BCUT2D eigenvalue weighted by atomic mass is 10.4. The van der Waals surface area contributed by atoms with Gasteiger partial charge in [-0.15, -0.1) is 11.8 Å². The molecule has 8 heteroatoms. The van der Waals surface area contributed by atoms with Gasteiger partial charge >= 0.3 is 5.97 Å². The number of nitrogens with one attached hydrogen (secondary N) is 1. The summed E-state index contributed by atoms with van der Waals surface area (Å²) in [5, 5.41) is 8.52. The summed E-state index contributed by atoms with van der Waals surface area (Å²) in [6.45, 7) is 0.246. The Bertz CT molecular complexity index is 520. The topological polar surface area (TPSA) is 86.7 Å². The first-order chi connectivity index (χ1) is 9.42. The number of hydrogen-bond acceptors (Lipinski definition) is 4. The number of rotatable bonds is 9. The Balaban J connectivity index is 2.30. The van der Waals surface area contributed by atoms with E-state index in [1.807, 2.05) is 30.3 Å². The molecule has 0 amide bonds. The van der Waals surface area contributed by atoms with Crippen LogP contribution in [0.15, 0.2) is 35.2 Å². The highest BCUT2D eigenvalue weighted by Gasteiger charge is 2.17. The average Bonchev–Trinajstić information content (AvgIpc) is 2.42. The summed E-state index contributed by atoms with van der Waals surface area (Å²) in [4.78, 5) is 11.5. The van der Waals surface area contributed by atoms with E-state index in [1.54, 1.807) is 11.8 Å². The minimum Gasteiger partial charge on any atom is -0.481 e. The van der Waals surface area contributed by atoms with E-state index >= 15 is 0 Å². The van der Waals surface area contributed by atoms with E-state index in [1.165, 1.54) is 7.05 Å². The quantitative estimate of drug-likeness (QED) is 0.524. The van der Waals surface area contributed by atoms with Gasteiger partial charge in [0.15, 0.2) is 0 Å². The molecule has 0 spiro atoms. The third kappa shape index (κ3) is 6.38. The average molecular weight is 318 g/mol. The van der Waals surface area contributed by atoms with E-state index in [0.717, 1.165) is 9.20 Å². The van der Waals surface area contributed by atoms with Crippen LogP contribution in [0.5, 0.6) is 0 Å².